The molecule has 0 aliphatic heterocycles. The van der Waals surface area contributed by atoms with Crippen LogP contribution in [0.3, 0.4) is 0 Å². The maximum absolute atomic E-state index is 12.4. The first-order valence-electron chi connectivity index (χ1n) is 9.33. The second-order valence-electron chi connectivity index (χ2n) is 7.38. The molecule has 30 heavy (non-hydrogen) atoms. The fourth-order valence-electron chi connectivity index (χ4n) is 4.31. The van der Waals surface area contributed by atoms with Gasteiger partial charge in [-0.05, 0) is 48.2 Å². The van der Waals surface area contributed by atoms with E-state index in [1.165, 1.54) is 6.07 Å². The average molecular weight is 421 g/mol. The van der Waals surface area contributed by atoms with Crippen molar-refractivity contribution in [1.82, 2.24) is 0 Å². The number of fused-ring (bicyclic) bond motifs is 2. The zero-order chi connectivity index (χ0) is 21.8. The van der Waals surface area contributed by atoms with Crippen molar-refractivity contribution in [3.8, 4) is 11.1 Å². The van der Waals surface area contributed by atoms with Crippen molar-refractivity contribution < 1.29 is 22.9 Å². The number of aromatic carboxylic acids is 1. The summed E-state index contributed by atoms with van der Waals surface area (Å²) < 4.78 is 26.1. The van der Waals surface area contributed by atoms with Crippen LogP contribution in [0, 0.1) is 13.8 Å². The summed E-state index contributed by atoms with van der Waals surface area (Å²) in [4.78, 5) is 12.4. The van der Waals surface area contributed by atoms with Crippen LogP contribution in [0.1, 0.15) is 21.5 Å². The van der Waals surface area contributed by atoms with E-state index in [0.29, 0.717) is 27.5 Å². The van der Waals surface area contributed by atoms with E-state index in [0.717, 1.165) is 16.6 Å². The zero-order valence-corrected chi connectivity index (χ0v) is 17.6. The molecule has 0 saturated carbocycles. The molecule has 0 saturated heterocycles. The molecule has 4 aromatic rings. The lowest BCUT2D eigenvalue weighted by atomic mass is 9.89. The van der Waals surface area contributed by atoms with Crippen molar-refractivity contribution in [1.29, 1.82) is 0 Å². The van der Waals surface area contributed by atoms with Crippen LogP contribution in [-0.4, -0.2) is 19.5 Å². The van der Waals surface area contributed by atoms with Gasteiger partial charge in [-0.3, -0.25) is 0 Å². The molecule has 0 unspecified atom stereocenters. The highest BCUT2D eigenvalue weighted by atomic mass is 32.2. The summed E-state index contributed by atoms with van der Waals surface area (Å²) in [5, 5.41) is 16.7. The minimum atomic E-state index is -3.92. The number of aromatic nitrogens is 1. The SMILES string of the molecule is Cc1ccc(S(N)(=O)=O)c(C)c1-c1cccc2c1c(C(=O)O)c1ccccc1[n+]2C. The fourth-order valence-corrected chi connectivity index (χ4v) is 5.09. The minimum absolute atomic E-state index is 0.0298. The van der Waals surface area contributed by atoms with Gasteiger partial charge in [-0.25, -0.2) is 18.4 Å². The van der Waals surface area contributed by atoms with E-state index in [9.17, 15) is 18.3 Å². The highest BCUT2D eigenvalue weighted by molar-refractivity contribution is 7.89. The molecule has 1 aromatic heterocycles. The lowest BCUT2D eigenvalue weighted by Crippen LogP contribution is -2.31. The predicted octanol–water partition coefficient (Wildman–Crippen LogP) is 3.45. The van der Waals surface area contributed by atoms with E-state index < -0.39 is 16.0 Å². The molecule has 6 nitrogen and oxygen atoms in total. The van der Waals surface area contributed by atoms with Crippen molar-refractivity contribution in [2.24, 2.45) is 12.2 Å². The molecule has 152 valence electrons. The number of carbonyl (C=O) groups is 1. The summed E-state index contributed by atoms with van der Waals surface area (Å²) in [5.74, 6) is -1.04. The minimum Gasteiger partial charge on any atom is -0.478 e. The number of nitrogens with zero attached hydrogens (tertiary/aromatic N) is 1. The molecule has 7 heteroatoms. The van der Waals surface area contributed by atoms with Gasteiger partial charge in [0.25, 0.3) is 0 Å². The summed E-state index contributed by atoms with van der Waals surface area (Å²) in [6, 6.07) is 16.1. The molecule has 4 rings (SSSR count). The van der Waals surface area contributed by atoms with Crippen LogP contribution >= 0.6 is 0 Å². The van der Waals surface area contributed by atoms with Gasteiger partial charge in [-0.2, -0.15) is 4.57 Å². The number of carboxylic acids is 1. The van der Waals surface area contributed by atoms with E-state index in [2.05, 4.69) is 0 Å². The third kappa shape index (κ3) is 2.94. The van der Waals surface area contributed by atoms with E-state index in [4.69, 9.17) is 5.14 Å². The number of pyridine rings is 1. The molecular formula is C23H21N2O4S+. The van der Waals surface area contributed by atoms with Crippen LogP contribution < -0.4 is 9.71 Å². The standard InChI is InChI=1S/C23H20N2O4S/c1-13-11-12-19(30(24,28)29)14(2)20(13)16-8-6-10-18-21(16)22(23(26)27)15-7-4-5-9-17(15)25(18)3/h4-12H,1-3H3,(H2-,24,26,27,28,29)/p+1. The van der Waals surface area contributed by atoms with E-state index in [-0.39, 0.29) is 10.5 Å². The Bertz CT molecular complexity index is 1470. The van der Waals surface area contributed by atoms with Gasteiger partial charge in [-0.15, -0.1) is 0 Å². The summed E-state index contributed by atoms with van der Waals surface area (Å²) in [6.07, 6.45) is 0. The van der Waals surface area contributed by atoms with E-state index in [1.54, 1.807) is 25.1 Å². The molecule has 3 N–H and O–H groups in total. The summed E-state index contributed by atoms with van der Waals surface area (Å²) >= 11 is 0. The number of hydrogen-bond acceptors (Lipinski definition) is 3. The molecule has 0 atom stereocenters. The molecule has 1 heterocycles. The third-order valence-electron chi connectivity index (χ3n) is 5.60. The van der Waals surface area contributed by atoms with Gasteiger partial charge in [0.15, 0.2) is 0 Å². The number of rotatable bonds is 3. The molecule has 0 aliphatic rings. The number of nitrogens with two attached hydrogens (primary N) is 1. The van der Waals surface area contributed by atoms with Crippen molar-refractivity contribution >= 4 is 37.8 Å². The van der Waals surface area contributed by atoms with Gasteiger partial charge in [0, 0.05) is 12.1 Å². The summed E-state index contributed by atoms with van der Waals surface area (Å²) in [5.41, 5.74) is 4.39. The first kappa shape index (κ1) is 20.0. The topological polar surface area (TPSA) is 101 Å². The summed E-state index contributed by atoms with van der Waals surface area (Å²) in [7, 11) is -2.04. The van der Waals surface area contributed by atoms with Gasteiger partial charge >= 0.3 is 5.97 Å². The Morgan fingerprint density at radius 1 is 0.967 bits per heavy atom. The van der Waals surface area contributed by atoms with Crippen LogP contribution in [0.15, 0.2) is 59.5 Å². The third-order valence-corrected chi connectivity index (χ3v) is 6.66. The van der Waals surface area contributed by atoms with Crippen LogP contribution in [0.2, 0.25) is 0 Å². The smallest absolute Gasteiger partial charge is 0.337 e. The largest absolute Gasteiger partial charge is 0.478 e. The number of benzene rings is 3. The van der Waals surface area contributed by atoms with Crippen LogP contribution in [-0.2, 0) is 17.1 Å². The fraction of sp³-hybridized carbons (Fsp3) is 0.130. The lowest BCUT2D eigenvalue weighted by molar-refractivity contribution is -0.617. The van der Waals surface area contributed by atoms with Crippen LogP contribution in [0.4, 0.5) is 0 Å². The van der Waals surface area contributed by atoms with Crippen molar-refractivity contribution in [2.75, 3.05) is 0 Å². The van der Waals surface area contributed by atoms with E-state index in [1.807, 2.05) is 48.9 Å². The van der Waals surface area contributed by atoms with Crippen LogP contribution in [0.25, 0.3) is 32.9 Å². The van der Waals surface area contributed by atoms with Crippen molar-refractivity contribution in [3.63, 3.8) is 0 Å². The molecule has 0 aliphatic carbocycles. The lowest BCUT2D eigenvalue weighted by Gasteiger charge is -2.17. The molecule has 3 aromatic carbocycles. The Morgan fingerprint density at radius 3 is 2.30 bits per heavy atom. The molecule has 0 fully saturated rings. The van der Waals surface area contributed by atoms with Gasteiger partial charge in [0.2, 0.25) is 21.1 Å². The normalized spacial score (nSPS) is 11.9. The Labute approximate surface area is 174 Å². The number of carboxylic acid groups (broad SMARTS) is 1. The second-order valence-corrected chi connectivity index (χ2v) is 8.91. The summed E-state index contributed by atoms with van der Waals surface area (Å²) in [6.45, 7) is 3.57. The molecular weight excluding hydrogens is 400 g/mol. The quantitative estimate of drug-likeness (QED) is 0.391. The first-order valence-corrected chi connectivity index (χ1v) is 10.9. The van der Waals surface area contributed by atoms with Crippen molar-refractivity contribution in [3.05, 3.63) is 71.3 Å². The maximum atomic E-state index is 12.4. The molecule has 0 spiro atoms. The van der Waals surface area contributed by atoms with Gasteiger partial charge < -0.3 is 5.11 Å². The van der Waals surface area contributed by atoms with Gasteiger partial charge in [-0.1, -0.05) is 30.3 Å². The Balaban J connectivity index is 2.28. The number of hydrogen-bond donors (Lipinski definition) is 2. The second kappa shape index (κ2) is 6.90. The number of aryl methyl sites for hydroxylation is 2. The molecule has 0 radical (unpaired) electrons. The Kier molecular flexibility index (Phi) is 4.60. The zero-order valence-electron chi connectivity index (χ0n) is 16.8. The number of para-hydroxylation sites is 1. The highest BCUT2D eigenvalue weighted by Gasteiger charge is 2.26. The van der Waals surface area contributed by atoms with Crippen LogP contribution in [0.5, 0.6) is 0 Å². The predicted molar refractivity (Wildman–Crippen MR) is 116 cm³/mol. The molecule has 0 amide bonds. The Hall–Kier alpha value is -3.29. The van der Waals surface area contributed by atoms with E-state index >= 15 is 0 Å². The highest BCUT2D eigenvalue weighted by Crippen LogP contribution is 2.38. The number of primary sulfonamides is 1. The average Bonchev–Trinajstić information content (AvgIpc) is 2.67. The van der Waals surface area contributed by atoms with Crippen molar-refractivity contribution in [2.45, 2.75) is 18.7 Å². The Morgan fingerprint density at radius 2 is 1.63 bits per heavy atom. The van der Waals surface area contributed by atoms with Gasteiger partial charge in [0.05, 0.1) is 21.2 Å². The number of sulfonamides is 1. The first-order chi connectivity index (χ1) is 14.1. The molecule has 0 bridgehead atoms. The van der Waals surface area contributed by atoms with Gasteiger partial charge in [0.1, 0.15) is 7.05 Å². The monoisotopic (exact) mass is 421 g/mol. The maximum Gasteiger partial charge on any atom is 0.337 e.